The van der Waals surface area contributed by atoms with Crippen LogP contribution in [-0.4, -0.2) is 25.5 Å². The molecule has 1 aromatic carbocycles. The molecule has 0 unspecified atom stereocenters. The molecule has 0 saturated carbocycles. The van der Waals surface area contributed by atoms with Crippen molar-refractivity contribution in [2.45, 2.75) is 46.5 Å². The zero-order valence-electron chi connectivity index (χ0n) is 13.7. The van der Waals surface area contributed by atoms with Crippen LogP contribution in [0.5, 0.6) is 5.75 Å². The van der Waals surface area contributed by atoms with E-state index in [2.05, 4.69) is 25.2 Å². The zero-order chi connectivity index (χ0) is 15.4. The van der Waals surface area contributed by atoms with E-state index in [0.29, 0.717) is 18.3 Å². The van der Waals surface area contributed by atoms with Crippen LogP contribution in [0.25, 0.3) is 0 Å². The third-order valence-electron chi connectivity index (χ3n) is 4.25. The van der Waals surface area contributed by atoms with Gasteiger partial charge in [0.25, 0.3) is 0 Å². The average Bonchev–Trinajstić information content (AvgIpc) is 2.47. The van der Waals surface area contributed by atoms with Crippen LogP contribution in [0.2, 0.25) is 0 Å². The van der Waals surface area contributed by atoms with Gasteiger partial charge in [0.1, 0.15) is 5.75 Å². The topological polar surface area (TPSA) is 38.3 Å². The minimum atomic E-state index is 0.169. The van der Waals surface area contributed by atoms with E-state index >= 15 is 0 Å². The fourth-order valence-electron chi connectivity index (χ4n) is 3.00. The summed E-state index contributed by atoms with van der Waals surface area (Å²) in [5.41, 5.74) is 3.06. The fraction of sp³-hybridized carbons (Fsp3) is 0.611. The van der Waals surface area contributed by atoms with E-state index in [1.54, 1.807) is 0 Å². The van der Waals surface area contributed by atoms with Crippen LogP contribution in [0.4, 0.5) is 0 Å². The molecule has 0 bridgehead atoms. The first-order valence-corrected chi connectivity index (χ1v) is 8.06. The van der Waals surface area contributed by atoms with Gasteiger partial charge in [-0.2, -0.15) is 0 Å². The standard InChI is InChI=1S/C18H27NO2/c1-5-21-17-10-13(4)16(11-15(17)12(2)3)18(20)14-6-8-19-9-7-14/h10-12,14,19H,5-9H2,1-4H3. The molecule has 3 heteroatoms. The molecule has 0 spiro atoms. The Morgan fingerprint density at radius 1 is 1.33 bits per heavy atom. The summed E-state index contributed by atoms with van der Waals surface area (Å²) in [5.74, 6) is 1.75. The highest BCUT2D eigenvalue weighted by molar-refractivity contribution is 5.99. The van der Waals surface area contributed by atoms with Gasteiger partial charge in [0.2, 0.25) is 0 Å². The number of aryl methyl sites for hydroxylation is 1. The number of Topliss-reactive ketones (excluding diaryl/α,β-unsaturated/α-hetero) is 1. The van der Waals surface area contributed by atoms with Gasteiger partial charge in [0.15, 0.2) is 5.78 Å². The first-order chi connectivity index (χ1) is 10.0. The molecule has 0 amide bonds. The number of piperidine rings is 1. The van der Waals surface area contributed by atoms with Gasteiger partial charge in [-0.15, -0.1) is 0 Å². The summed E-state index contributed by atoms with van der Waals surface area (Å²) in [5, 5.41) is 3.32. The number of nitrogens with one attached hydrogen (secondary N) is 1. The Morgan fingerprint density at radius 3 is 2.57 bits per heavy atom. The highest BCUT2D eigenvalue weighted by Gasteiger charge is 2.24. The fourth-order valence-corrected chi connectivity index (χ4v) is 3.00. The first kappa shape index (κ1) is 16.0. The minimum Gasteiger partial charge on any atom is -0.494 e. The van der Waals surface area contributed by atoms with Crippen molar-refractivity contribution in [3.63, 3.8) is 0 Å². The molecule has 1 aliphatic heterocycles. The molecule has 0 radical (unpaired) electrons. The van der Waals surface area contributed by atoms with Crippen molar-refractivity contribution in [2.75, 3.05) is 19.7 Å². The maximum atomic E-state index is 12.8. The molecule has 21 heavy (non-hydrogen) atoms. The molecule has 1 heterocycles. The summed E-state index contributed by atoms with van der Waals surface area (Å²) in [4.78, 5) is 12.8. The van der Waals surface area contributed by atoms with E-state index in [9.17, 15) is 4.79 Å². The molecule has 0 aliphatic carbocycles. The molecule has 0 aromatic heterocycles. The number of benzene rings is 1. The average molecular weight is 289 g/mol. The van der Waals surface area contributed by atoms with Crippen molar-refractivity contribution < 1.29 is 9.53 Å². The van der Waals surface area contributed by atoms with Crippen LogP contribution in [-0.2, 0) is 0 Å². The number of carbonyl (C=O) groups excluding carboxylic acids is 1. The van der Waals surface area contributed by atoms with E-state index in [1.165, 1.54) is 0 Å². The van der Waals surface area contributed by atoms with E-state index in [0.717, 1.165) is 48.4 Å². The van der Waals surface area contributed by atoms with Crippen LogP contribution in [0.3, 0.4) is 0 Å². The van der Waals surface area contributed by atoms with Gasteiger partial charge >= 0.3 is 0 Å². The second-order valence-electron chi connectivity index (χ2n) is 6.18. The lowest BCUT2D eigenvalue weighted by molar-refractivity contribution is 0.0894. The monoisotopic (exact) mass is 289 g/mol. The summed E-state index contributed by atoms with van der Waals surface area (Å²) in [6, 6.07) is 4.10. The Labute approximate surface area is 128 Å². The minimum absolute atomic E-state index is 0.169. The number of ether oxygens (including phenoxy) is 1. The predicted octanol–water partition coefficient (Wildman–Crippen LogP) is 3.70. The van der Waals surface area contributed by atoms with Crippen LogP contribution in [0.15, 0.2) is 12.1 Å². The van der Waals surface area contributed by atoms with Crippen LogP contribution in [0, 0.1) is 12.8 Å². The molecular weight excluding hydrogens is 262 g/mol. The lowest BCUT2D eigenvalue weighted by atomic mass is 9.86. The van der Waals surface area contributed by atoms with Crippen LogP contribution < -0.4 is 10.1 Å². The molecular formula is C18H27NO2. The molecule has 1 saturated heterocycles. The van der Waals surface area contributed by atoms with Crippen molar-refractivity contribution in [1.82, 2.24) is 5.32 Å². The highest BCUT2D eigenvalue weighted by Crippen LogP contribution is 2.31. The Hall–Kier alpha value is -1.35. The summed E-state index contributed by atoms with van der Waals surface area (Å²) in [6.07, 6.45) is 1.89. The predicted molar refractivity (Wildman–Crippen MR) is 86.4 cm³/mol. The summed E-state index contributed by atoms with van der Waals surface area (Å²) >= 11 is 0. The highest BCUT2D eigenvalue weighted by atomic mass is 16.5. The Balaban J connectivity index is 2.34. The van der Waals surface area contributed by atoms with Crippen molar-refractivity contribution in [3.8, 4) is 5.75 Å². The van der Waals surface area contributed by atoms with E-state index in [4.69, 9.17) is 4.74 Å². The van der Waals surface area contributed by atoms with Gasteiger partial charge in [0, 0.05) is 11.5 Å². The Bertz CT molecular complexity index is 502. The first-order valence-electron chi connectivity index (χ1n) is 8.06. The second kappa shape index (κ2) is 7.08. The third-order valence-corrected chi connectivity index (χ3v) is 4.25. The lowest BCUT2D eigenvalue weighted by Gasteiger charge is -2.23. The quantitative estimate of drug-likeness (QED) is 0.840. The Morgan fingerprint density at radius 2 is 2.00 bits per heavy atom. The Kier molecular flexibility index (Phi) is 5.40. The SMILES string of the molecule is CCOc1cc(C)c(C(=O)C2CCNCC2)cc1C(C)C. The van der Waals surface area contributed by atoms with Gasteiger partial charge in [0.05, 0.1) is 6.61 Å². The van der Waals surface area contributed by atoms with Crippen molar-refractivity contribution >= 4 is 5.78 Å². The lowest BCUT2D eigenvalue weighted by Crippen LogP contribution is -2.32. The maximum Gasteiger partial charge on any atom is 0.166 e. The smallest absolute Gasteiger partial charge is 0.166 e. The molecule has 3 nitrogen and oxygen atoms in total. The van der Waals surface area contributed by atoms with E-state index in [1.807, 2.05) is 19.9 Å². The zero-order valence-corrected chi connectivity index (χ0v) is 13.7. The summed E-state index contributed by atoms with van der Waals surface area (Å²) < 4.78 is 5.74. The molecule has 116 valence electrons. The van der Waals surface area contributed by atoms with Gasteiger partial charge in [-0.25, -0.2) is 0 Å². The molecule has 0 atom stereocenters. The second-order valence-corrected chi connectivity index (χ2v) is 6.18. The van der Waals surface area contributed by atoms with Crippen molar-refractivity contribution in [3.05, 3.63) is 28.8 Å². The van der Waals surface area contributed by atoms with Crippen LogP contribution in [0.1, 0.15) is 61.0 Å². The molecule has 2 rings (SSSR count). The van der Waals surface area contributed by atoms with E-state index < -0.39 is 0 Å². The van der Waals surface area contributed by atoms with Crippen LogP contribution >= 0.6 is 0 Å². The van der Waals surface area contributed by atoms with E-state index in [-0.39, 0.29) is 5.92 Å². The summed E-state index contributed by atoms with van der Waals surface area (Å²) in [7, 11) is 0. The third kappa shape index (κ3) is 3.65. The largest absolute Gasteiger partial charge is 0.494 e. The van der Waals surface area contributed by atoms with Crippen molar-refractivity contribution in [1.29, 1.82) is 0 Å². The van der Waals surface area contributed by atoms with Gasteiger partial charge < -0.3 is 10.1 Å². The number of ketones is 1. The molecule has 1 N–H and O–H groups in total. The molecule has 1 aliphatic rings. The summed E-state index contributed by atoms with van der Waals surface area (Å²) in [6.45, 7) is 10.8. The maximum absolute atomic E-state index is 12.8. The van der Waals surface area contributed by atoms with Gasteiger partial charge in [-0.05, 0) is 69.0 Å². The van der Waals surface area contributed by atoms with Gasteiger partial charge in [-0.3, -0.25) is 4.79 Å². The molecule has 1 fully saturated rings. The molecule has 1 aromatic rings. The number of rotatable bonds is 5. The van der Waals surface area contributed by atoms with Gasteiger partial charge in [-0.1, -0.05) is 13.8 Å². The number of hydrogen-bond acceptors (Lipinski definition) is 3. The van der Waals surface area contributed by atoms with Crippen molar-refractivity contribution in [2.24, 2.45) is 5.92 Å². The number of hydrogen-bond donors (Lipinski definition) is 1. The number of carbonyl (C=O) groups is 1. The normalized spacial score (nSPS) is 16.2.